The Kier molecular flexibility index (Phi) is 3.58. The number of hydrogen-bond donors (Lipinski definition) is 1. The Morgan fingerprint density at radius 1 is 1.25 bits per heavy atom. The van der Waals surface area contributed by atoms with Crippen molar-refractivity contribution in [3.05, 3.63) is 0 Å². The van der Waals surface area contributed by atoms with Gasteiger partial charge in [0.2, 0.25) is 0 Å². The van der Waals surface area contributed by atoms with Crippen molar-refractivity contribution >= 4 is 11.8 Å². The van der Waals surface area contributed by atoms with E-state index in [0.29, 0.717) is 12.0 Å². The van der Waals surface area contributed by atoms with Gasteiger partial charge in [-0.05, 0) is 30.3 Å². The van der Waals surface area contributed by atoms with Crippen LogP contribution in [-0.4, -0.2) is 29.9 Å². The largest absolute Gasteiger partial charge is 0.356 e. The topological polar surface area (TPSA) is 21.3 Å². The number of rotatable bonds is 1. The van der Waals surface area contributed by atoms with Crippen LogP contribution in [0.25, 0.3) is 0 Å². The first-order valence-corrected chi connectivity index (χ1v) is 7.61. The average Bonchev–Trinajstić information content (AvgIpc) is 2.23. The van der Waals surface area contributed by atoms with Crippen molar-refractivity contribution in [3.8, 4) is 0 Å². The van der Waals surface area contributed by atoms with Crippen LogP contribution < -0.4 is 5.32 Å². The fourth-order valence-corrected chi connectivity index (χ4v) is 4.12. The van der Waals surface area contributed by atoms with E-state index in [1.807, 2.05) is 0 Å². The Bertz CT molecular complexity index is 246. The lowest BCUT2D eigenvalue weighted by atomic mass is 9.78. The van der Waals surface area contributed by atoms with Gasteiger partial charge in [0, 0.05) is 12.0 Å². The molecule has 0 aliphatic carbocycles. The molecule has 2 fully saturated rings. The lowest BCUT2D eigenvalue weighted by Crippen LogP contribution is -2.63. The molecule has 2 saturated heterocycles. The average molecular weight is 243 g/mol. The highest BCUT2D eigenvalue weighted by Crippen LogP contribution is 2.40. The van der Waals surface area contributed by atoms with Crippen LogP contribution in [0, 0.1) is 11.3 Å². The van der Waals surface area contributed by atoms with Crippen LogP contribution in [-0.2, 0) is 4.74 Å². The van der Waals surface area contributed by atoms with E-state index in [2.05, 4.69) is 44.8 Å². The summed E-state index contributed by atoms with van der Waals surface area (Å²) in [5, 5.41) is 3.67. The summed E-state index contributed by atoms with van der Waals surface area (Å²) in [7, 11) is 0. The van der Waals surface area contributed by atoms with Crippen molar-refractivity contribution in [2.45, 2.75) is 52.4 Å². The third-order valence-corrected chi connectivity index (χ3v) is 4.88. The molecule has 2 nitrogen and oxygen atoms in total. The SMILES string of the molecule is CC(C)C1OC2(CCSCC2)NCC1(C)C. The number of hydrogen-bond acceptors (Lipinski definition) is 3. The minimum Gasteiger partial charge on any atom is -0.356 e. The molecule has 1 atom stereocenters. The lowest BCUT2D eigenvalue weighted by Gasteiger charge is -2.52. The summed E-state index contributed by atoms with van der Waals surface area (Å²) in [5.41, 5.74) is 0.250. The fraction of sp³-hybridized carbons (Fsp3) is 1.00. The fourth-order valence-electron chi connectivity index (χ4n) is 2.97. The minimum absolute atomic E-state index is 0.00426. The van der Waals surface area contributed by atoms with Crippen LogP contribution in [0.4, 0.5) is 0 Å². The van der Waals surface area contributed by atoms with Gasteiger partial charge in [-0.2, -0.15) is 11.8 Å². The molecule has 0 bridgehead atoms. The zero-order valence-electron chi connectivity index (χ0n) is 11.0. The summed E-state index contributed by atoms with van der Waals surface area (Å²) in [6, 6.07) is 0. The first-order chi connectivity index (χ1) is 7.45. The monoisotopic (exact) mass is 243 g/mol. The van der Waals surface area contributed by atoms with Crippen LogP contribution in [0.15, 0.2) is 0 Å². The maximum absolute atomic E-state index is 6.47. The van der Waals surface area contributed by atoms with Gasteiger partial charge in [-0.1, -0.05) is 27.7 Å². The molecule has 0 radical (unpaired) electrons. The van der Waals surface area contributed by atoms with Gasteiger partial charge in [-0.25, -0.2) is 0 Å². The van der Waals surface area contributed by atoms with Crippen LogP contribution in [0.1, 0.15) is 40.5 Å². The van der Waals surface area contributed by atoms with Gasteiger partial charge in [-0.3, -0.25) is 5.32 Å². The van der Waals surface area contributed by atoms with Crippen molar-refractivity contribution in [2.75, 3.05) is 18.1 Å². The molecule has 16 heavy (non-hydrogen) atoms. The molecule has 0 saturated carbocycles. The molecule has 1 spiro atoms. The van der Waals surface area contributed by atoms with E-state index in [0.717, 1.165) is 19.4 Å². The molecule has 0 aromatic rings. The highest BCUT2D eigenvalue weighted by molar-refractivity contribution is 7.99. The zero-order valence-corrected chi connectivity index (χ0v) is 11.8. The summed E-state index contributed by atoms with van der Waals surface area (Å²) < 4.78 is 6.47. The Morgan fingerprint density at radius 3 is 2.44 bits per heavy atom. The van der Waals surface area contributed by atoms with Gasteiger partial charge in [0.15, 0.2) is 0 Å². The van der Waals surface area contributed by atoms with Gasteiger partial charge >= 0.3 is 0 Å². The number of ether oxygens (including phenoxy) is 1. The molecule has 1 N–H and O–H groups in total. The third kappa shape index (κ3) is 2.41. The van der Waals surface area contributed by atoms with Gasteiger partial charge < -0.3 is 4.74 Å². The summed E-state index contributed by atoms with van der Waals surface area (Å²) in [6.07, 6.45) is 2.71. The molecular weight excluding hydrogens is 218 g/mol. The Hall–Kier alpha value is 0.270. The second-order valence-electron chi connectivity index (χ2n) is 6.23. The first kappa shape index (κ1) is 12.7. The van der Waals surface area contributed by atoms with E-state index < -0.39 is 0 Å². The summed E-state index contributed by atoms with van der Waals surface area (Å²) in [4.78, 5) is 0. The molecular formula is C13H25NOS. The van der Waals surface area contributed by atoms with E-state index in [1.54, 1.807) is 0 Å². The van der Waals surface area contributed by atoms with Crippen molar-refractivity contribution in [1.29, 1.82) is 0 Å². The molecule has 0 aromatic heterocycles. The van der Waals surface area contributed by atoms with E-state index >= 15 is 0 Å². The van der Waals surface area contributed by atoms with Crippen molar-refractivity contribution in [2.24, 2.45) is 11.3 Å². The molecule has 2 rings (SSSR count). The normalized spacial score (nSPS) is 33.2. The van der Waals surface area contributed by atoms with Crippen molar-refractivity contribution < 1.29 is 4.74 Å². The number of thioether (sulfide) groups is 1. The molecule has 0 aromatic carbocycles. The summed E-state index contributed by atoms with van der Waals surface area (Å²) >= 11 is 2.05. The predicted molar refractivity (Wildman–Crippen MR) is 70.8 cm³/mol. The Labute approximate surface area is 104 Å². The summed E-state index contributed by atoms with van der Waals surface area (Å²) in [6.45, 7) is 10.3. The molecule has 2 aliphatic rings. The van der Waals surface area contributed by atoms with E-state index in [1.165, 1.54) is 11.5 Å². The second kappa shape index (κ2) is 4.51. The maximum atomic E-state index is 6.47. The molecule has 2 aliphatic heterocycles. The lowest BCUT2D eigenvalue weighted by molar-refractivity contribution is -0.206. The Morgan fingerprint density at radius 2 is 1.88 bits per heavy atom. The highest BCUT2D eigenvalue weighted by Gasteiger charge is 2.46. The van der Waals surface area contributed by atoms with Gasteiger partial charge in [0.25, 0.3) is 0 Å². The van der Waals surface area contributed by atoms with E-state index in [9.17, 15) is 0 Å². The third-order valence-electron chi connectivity index (χ3n) is 3.89. The van der Waals surface area contributed by atoms with Gasteiger partial charge in [0.05, 0.1) is 6.10 Å². The smallest absolute Gasteiger partial charge is 0.121 e. The highest BCUT2D eigenvalue weighted by atomic mass is 32.2. The quantitative estimate of drug-likeness (QED) is 0.765. The van der Waals surface area contributed by atoms with Crippen molar-refractivity contribution in [1.82, 2.24) is 5.32 Å². The maximum Gasteiger partial charge on any atom is 0.121 e. The van der Waals surface area contributed by atoms with Crippen molar-refractivity contribution in [3.63, 3.8) is 0 Å². The number of nitrogens with one attached hydrogen (secondary N) is 1. The van der Waals surface area contributed by atoms with Gasteiger partial charge in [0.1, 0.15) is 5.72 Å². The van der Waals surface area contributed by atoms with E-state index in [-0.39, 0.29) is 11.1 Å². The van der Waals surface area contributed by atoms with Crippen LogP contribution >= 0.6 is 11.8 Å². The molecule has 3 heteroatoms. The van der Waals surface area contributed by atoms with E-state index in [4.69, 9.17) is 4.74 Å². The van der Waals surface area contributed by atoms with Crippen LogP contribution in [0.3, 0.4) is 0 Å². The first-order valence-electron chi connectivity index (χ1n) is 6.46. The van der Waals surface area contributed by atoms with Crippen LogP contribution in [0.2, 0.25) is 0 Å². The molecule has 94 valence electrons. The van der Waals surface area contributed by atoms with Gasteiger partial charge in [-0.15, -0.1) is 0 Å². The molecule has 0 amide bonds. The molecule has 1 unspecified atom stereocenters. The Balaban J connectivity index is 2.10. The molecule has 2 heterocycles. The predicted octanol–water partition coefficient (Wildman–Crippen LogP) is 2.88. The zero-order chi connectivity index (χ0) is 11.8. The second-order valence-corrected chi connectivity index (χ2v) is 7.46. The van der Waals surface area contributed by atoms with Crippen LogP contribution in [0.5, 0.6) is 0 Å². The minimum atomic E-state index is -0.00426. The standard InChI is InChI=1S/C13H25NOS/c1-10(2)11-12(3,4)9-14-13(15-11)5-7-16-8-6-13/h10-11,14H,5-9H2,1-4H3. The summed E-state index contributed by atoms with van der Waals surface area (Å²) in [5.74, 6) is 3.07.